The van der Waals surface area contributed by atoms with Gasteiger partial charge in [-0.1, -0.05) is 27.5 Å². The predicted molar refractivity (Wildman–Crippen MR) is 85.6 cm³/mol. The molecule has 2 aromatic rings. The molecule has 0 unspecified atom stereocenters. The molecule has 0 spiro atoms. The first-order chi connectivity index (χ1) is 9.28. The molecule has 0 aromatic heterocycles. The molecule has 3 N–H and O–H groups in total. The molecule has 0 amide bonds. The summed E-state index contributed by atoms with van der Waals surface area (Å²) in [5.41, 5.74) is 7.32. The SMILES string of the molecule is Cc1cc(Br)cc(NS(=O)(=O)c2cc(N)ccc2Cl)c1. The lowest BCUT2D eigenvalue weighted by Gasteiger charge is -2.11. The van der Waals surface area contributed by atoms with E-state index >= 15 is 0 Å². The lowest BCUT2D eigenvalue weighted by molar-refractivity contribution is 0.601. The van der Waals surface area contributed by atoms with Crippen molar-refractivity contribution < 1.29 is 8.42 Å². The third-order valence-electron chi connectivity index (χ3n) is 2.54. The standard InChI is InChI=1S/C13H12BrClN2O2S/c1-8-4-9(14)6-11(5-8)17-20(18,19)13-7-10(16)2-3-12(13)15/h2-7,17H,16H2,1H3. The quantitative estimate of drug-likeness (QED) is 0.802. The predicted octanol–water partition coefficient (Wildman–Crippen LogP) is 3.79. The van der Waals surface area contributed by atoms with E-state index in [2.05, 4.69) is 20.7 Å². The zero-order valence-electron chi connectivity index (χ0n) is 10.5. The van der Waals surface area contributed by atoms with E-state index < -0.39 is 10.0 Å². The van der Waals surface area contributed by atoms with Gasteiger partial charge in [0.1, 0.15) is 4.90 Å². The summed E-state index contributed by atoms with van der Waals surface area (Å²) in [5, 5.41) is 0.124. The van der Waals surface area contributed by atoms with Crippen molar-refractivity contribution >= 4 is 48.9 Å². The number of nitrogens with two attached hydrogens (primary N) is 1. The van der Waals surface area contributed by atoms with Crippen molar-refractivity contribution in [1.29, 1.82) is 0 Å². The molecule has 2 rings (SSSR count). The largest absolute Gasteiger partial charge is 0.399 e. The Morgan fingerprint density at radius 3 is 2.55 bits per heavy atom. The number of anilines is 2. The van der Waals surface area contributed by atoms with Gasteiger partial charge in [-0.2, -0.15) is 0 Å². The number of nitrogen functional groups attached to an aromatic ring is 1. The average molecular weight is 376 g/mol. The fraction of sp³-hybridized carbons (Fsp3) is 0.0769. The Kier molecular flexibility index (Phi) is 4.27. The van der Waals surface area contributed by atoms with Crippen molar-refractivity contribution in [1.82, 2.24) is 0 Å². The Balaban J connectivity index is 2.43. The number of aryl methyl sites for hydroxylation is 1. The minimum Gasteiger partial charge on any atom is -0.399 e. The van der Waals surface area contributed by atoms with Crippen molar-refractivity contribution in [3.8, 4) is 0 Å². The van der Waals surface area contributed by atoms with Gasteiger partial charge < -0.3 is 5.73 Å². The van der Waals surface area contributed by atoms with Crippen LogP contribution >= 0.6 is 27.5 Å². The highest BCUT2D eigenvalue weighted by Crippen LogP contribution is 2.27. The van der Waals surface area contributed by atoms with Gasteiger partial charge in [-0.25, -0.2) is 8.42 Å². The summed E-state index contributed by atoms with van der Waals surface area (Å²) < 4.78 is 27.9. The summed E-state index contributed by atoms with van der Waals surface area (Å²) in [5.74, 6) is 0. The van der Waals surface area contributed by atoms with Gasteiger partial charge in [0, 0.05) is 10.2 Å². The molecular weight excluding hydrogens is 364 g/mol. The molecule has 0 atom stereocenters. The number of nitrogens with one attached hydrogen (secondary N) is 1. The Morgan fingerprint density at radius 2 is 1.90 bits per heavy atom. The Hall–Kier alpha value is -1.24. The van der Waals surface area contributed by atoms with E-state index in [-0.39, 0.29) is 9.92 Å². The average Bonchev–Trinajstić information content (AvgIpc) is 2.30. The molecule has 0 heterocycles. The van der Waals surface area contributed by atoms with Gasteiger partial charge >= 0.3 is 0 Å². The van der Waals surface area contributed by atoms with E-state index in [1.165, 1.54) is 12.1 Å². The third kappa shape index (κ3) is 3.45. The maximum atomic E-state index is 12.3. The highest BCUT2D eigenvalue weighted by Gasteiger charge is 2.18. The van der Waals surface area contributed by atoms with Gasteiger partial charge in [0.05, 0.1) is 10.7 Å². The van der Waals surface area contributed by atoms with Crippen LogP contribution < -0.4 is 10.5 Å². The highest BCUT2D eigenvalue weighted by atomic mass is 79.9. The summed E-state index contributed by atoms with van der Waals surface area (Å²) in [6, 6.07) is 9.61. The van der Waals surface area contributed by atoms with Crippen molar-refractivity contribution in [2.75, 3.05) is 10.5 Å². The van der Waals surface area contributed by atoms with Gasteiger partial charge in [-0.15, -0.1) is 0 Å². The van der Waals surface area contributed by atoms with Gasteiger partial charge in [0.2, 0.25) is 0 Å². The van der Waals surface area contributed by atoms with Crippen LogP contribution in [-0.4, -0.2) is 8.42 Å². The monoisotopic (exact) mass is 374 g/mol. The molecule has 0 aliphatic heterocycles. The number of sulfonamides is 1. The number of benzene rings is 2. The number of hydrogen-bond acceptors (Lipinski definition) is 3. The summed E-state index contributed by atoms with van der Waals surface area (Å²) in [6.45, 7) is 1.87. The van der Waals surface area contributed by atoms with Gasteiger partial charge in [-0.3, -0.25) is 4.72 Å². The van der Waals surface area contributed by atoms with Crippen LogP contribution in [0.3, 0.4) is 0 Å². The molecule has 0 aliphatic carbocycles. The summed E-state index contributed by atoms with van der Waals surface area (Å²) in [4.78, 5) is -0.0446. The second-order valence-electron chi connectivity index (χ2n) is 4.31. The second-order valence-corrected chi connectivity index (χ2v) is 7.29. The maximum Gasteiger partial charge on any atom is 0.263 e. The maximum absolute atomic E-state index is 12.3. The molecular formula is C13H12BrClN2O2S. The van der Waals surface area contributed by atoms with Crippen molar-refractivity contribution in [3.05, 3.63) is 51.5 Å². The molecule has 0 aliphatic rings. The topological polar surface area (TPSA) is 72.2 Å². The van der Waals surface area contributed by atoms with Gasteiger partial charge in [-0.05, 0) is 48.9 Å². The molecule has 0 bridgehead atoms. The molecule has 4 nitrogen and oxygen atoms in total. The van der Waals surface area contributed by atoms with Gasteiger partial charge in [0.25, 0.3) is 10.0 Å². The fourth-order valence-electron chi connectivity index (χ4n) is 1.73. The Morgan fingerprint density at radius 1 is 1.20 bits per heavy atom. The molecule has 106 valence electrons. The van der Waals surface area contributed by atoms with E-state index in [1.54, 1.807) is 18.2 Å². The smallest absolute Gasteiger partial charge is 0.263 e. The highest BCUT2D eigenvalue weighted by molar-refractivity contribution is 9.10. The molecule has 0 radical (unpaired) electrons. The van der Waals surface area contributed by atoms with E-state index in [9.17, 15) is 8.42 Å². The normalized spacial score (nSPS) is 11.3. The van der Waals surface area contributed by atoms with Crippen LogP contribution in [0, 0.1) is 6.92 Å². The Labute approximate surface area is 131 Å². The van der Waals surface area contributed by atoms with Crippen LogP contribution in [0.2, 0.25) is 5.02 Å². The molecule has 2 aromatic carbocycles. The first-order valence-corrected chi connectivity index (χ1v) is 8.28. The molecule has 20 heavy (non-hydrogen) atoms. The van der Waals surface area contributed by atoms with Crippen LogP contribution in [0.25, 0.3) is 0 Å². The fourth-order valence-corrected chi connectivity index (χ4v) is 3.92. The lowest BCUT2D eigenvalue weighted by Crippen LogP contribution is -2.14. The van der Waals surface area contributed by atoms with Crippen molar-refractivity contribution in [3.63, 3.8) is 0 Å². The minimum absolute atomic E-state index is 0.0446. The van der Waals surface area contributed by atoms with Crippen molar-refractivity contribution in [2.45, 2.75) is 11.8 Å². The number of hydrogen-bond donors (Lipinski definition) is 2. The van der Waals surface area contributed by atoms with E-state index in [0.717, 1.165) is 10.0 Å². The zero-order chi connectivity index (χ0) is 14.9. The third-order valence-corrected chi connectivity index (χ3v) is 4.86. The first-order valence-electron chi connectivity index (χ1n) is 5.63. The summed E-state index contributed by atoms with van der Waals surface area (Å²) in [6.07, 6.45) is 0. The van der Waals surface area contributed by atoms with Crippen LogP contribution in [0.15, 0.2) is 45.8 Å². The van der Waals surface area contributed by atoms with Crippen LogP contribution in [0.1, 0.15) is 5.56 Å². The molecule has 0 fully saturated rings. The van der Waals surface area contributed by atoms with E-state index in [4.69, 9.17) is 17.3 Å². The summed E-state index contributed by atoms with van der Waals surface area (Å²) >= 11 is 9.25. The number of rotatable bonds is 3. The summed E-state index contributed by atoms with van der Waals surface area (Å²) in [7, 11) is -3.78. The van der Waals surface area contributed by atoms with Crippen LogP contribution in [0.4, 0.5) is 11.4 Å². The number of halogens is 2. The molecule has 0 saturated heterocycles. The Bertz CT molecular complexity index is 743. The first kappa shape index (κ1) is 15.2. The minimum atomic E-state index is -3.78. The molecule has 0 saturated carbocycles. The zero-order valence-corrected chi connectivity index (χ0v) is 13.7. The second kappa shape index (κ2) is 5.63. The van der Waals surface area contributed by atoms with Crippen LogP contribution in [-0.2, 0) is 10.0 Å². The van der Waals surface area contributed by atoms with Crippen LogP contribution in [0.5, 0.6) is 0 Å². The molecule has 7 heteroatoms. The lowest BCUT2D eigenvalue weighted by atomic mass is 10.2. The van der Waals surface area contributed by atoms with E-state index in [0.29, 0.717) is 11.4 Å². The van der Waals surface area contributed by atoms with Crippen molar-refractivity contribution in [2.24, 2.45) is 0 Å². The van der Waals surface area contributed by atoms with Gasteiger partial charge in [0.15, 0.2) is 0 Å². The van der Waals surface area contributed by atoms with E-state index in [1.807, 2.05) is 13.0 Å².